The van der Waals surface area contributed by atoms with Gasteiger partial charge in [0.25, 0.3) is 0 Å². The van der Waals surface area contributed by atoms with Gasteiger partial charge in [0.15, 0.2) is 0 Å². The normalized spacial score (nSPS) is 21.3. The van der Waals surface area contributed by atoms with Crippen molar-refractivity contribution in [2.45, 2.75) is 31.9 Å². The van der Waals surface area contributed by atoms with E-state index in [-0.39, 0.29) is 17.6 Å². The fourth-order valence-corrected chi connectivity index (χ4v) is 2.93. The highest BCUT2D eigenvalue weighted by molar-refractivity contribution is 5.79. The zero-order valence-corrected chi connectivity index (χ0v) is 13.4. The summed E-state index contributed by atoms with van der Waals surface area (Å²) in [6.45, 7) is 1.85. The molecule has 0 heterocycles. The highest BCUT2D eigenvalue weighted by Gasteiger charge is 2.34. The molecule has 0 bridgehead atoms. The first kappa shape index (κ1) is 16.8. The van der Waals surface area contributed by atoms with Crippen molar-refractivity contribution in [3.8, 4) is 5.75 Å². The number of aliphatic hydroxyl groups excluding tert-OH is 1. The number of aromatic hydroxyl groups is 1. The molecule has 2 rings (SSSR count). The summed E-state index contributed by atoms with van der Waals surface area (Å²) in [7, 11) is 3.95. The number of aliphatic hydroxyl groups is 1. The highest BCUT2D eigenvalue weighted by Crippen LogP contribution is 2.28. The van der Waals surface area contributed by atoms with Crippen molar-refractivity contribution < 1.29 is 15.0 Å². The highest BCUT2D eigenvalue weighted by atomic mass is 16.3. The van der Waals surface area contributed by atoms with E-state index in [1.807, 2.05) is 25.1 Å². The molecule has 1 aliphatic carbocycles. The average Bonchev–Trinajstić information content (AvgIpc) is 2.88. The summed E-state index contributed by atoms with van der Waals surface area (Å²) in [6.07, 6.45) is 1.87. The van der Waals surface area contributed by atoms with Crippen molar-refractivity contribution >= 4 is 5.91 Å². The molecule has 0 spiro atoms. The van der Waals surface area contributed by atoms with Gasteiger partial charge < -0.3 is 20.0 Å². The predicted octanol–water partition coefficient (Wildman–Crippen LogP) is 1.44. The number of amides is 1. The lowest BCUT2D eigenvalue weighted by Gasteiger charge is -2.28. The lowest BCUT2D eigenvalue weighted by molar-refractivity contribution is -0.139. The van der Waals surface area contributed by atoms with Crippen LogP contribution in [0.25, 0.3) is 0 Å². The van der Waals surface area contributed by atoms with Crippen LogP contribution in [-0.4, -0.2) is 59.2 Å². The van der Waals surface area contributed by atoms with Crippen LogP contribution in [0.15, 0.2) is 24.3 Å². The third kappa shape index (κ3) is 4.45. The molecule has 1 saturated carbocycles. The number of phenolic OH excluding ortho intramolecular Hbond substituents is 1. The van der Waals surface area contributed by atoms with Crippen molar-refractivity contribution in [1.29, 1.82) is 0 Å². The van der Waals surface area contributed by atoms with Crippen molar-refractivity contribution in [2.75, 3.05) is 27.2 Å². The van der Waals surface area contributed by atoms with Crippen LogP contribution in [0.5, 0.6) is 5.75 Å². The van der Waals surface area contributed by atoms with Crippen LogP contribution >= 0.6 is 0 Å². The zero-order valence-electron chi connectivity index (χ0n) is 13.4. The number of rotatable bonds is 6. The molecule has 2 unspecified atom stereocenters. The summed E-state index contributed by atoms with van der Waals surface area (Å²) in [5, 5.41) is 19.6. The van der Waals surface area contributed by atoms with Gasteiger partial charge in [-0.15, -0.1) is 0 Å². The molecule has 5 heteroatoms. The molecular weight excluding hydrogens is 280 g/mol. The molecule has 1 aromatic rings. The summed E-state index contributed by atoms with van der Waals surface area (Å²) in [4.78, 5) is 16.6. The molecule has 122 valence electrons. The molecule has 5 nitrogen and oxygen atoms in total. The summed E-state index contributed by atoms with van der Waals surface area (Å²) in [5.41, 5.74) is 0.902. The second-order valence-corrected chi connectivity index (χ2v) is 6.34. The van der Waals surface area contributed by atoms with E-state index >= 15 is 0 Å². The molecule has 2 atom stereocenters. The van der Waals surface area contributed by atoms with E-state index in [2.05, 4.69) is 0 Å². The van der Waals surface area contributed by atoms with Gasteiger partial charge in [-0.05, 0) is 51.1 Å². The first-order valence-electron chi connectivity index (χ1n) is 7.87. The molecule has 0 aliphatic heterocycles. The minimum absolute atomic E-state index is 0.0233. The van der Waals surface area contributed by atoms with Crippen molar-refractivity contribution in [3.05, 3.63) is 29.8 Å². The van der Waals surface area contributed by atoms with Crippen molar-refractivity contribution in [2.24, 2.45) is 5.92 Å². The zero-order chi connectivity index (χ0) is 16.1. The van der Waals surface area contributed by atoms with E-state index < -0.39 is 6.10 Å². The maximum absolute atomic E-state index is 12.7. The van der Waals surface area contributed by atoms with Gasteiger partial charge in [0.05, 0.1) is 12.0 Å². The van der Waals surface area contributed by atoms with Gasteiger partial charge >= 0.3 is 0 Å². The first-order chi connectivity index (χ1) is 10.5. The van der Waals surface area contributed by atoms with Gasteiger partial charge in [0.2, 0.25) is 5.91 Å². The van der Waals surface area contributed by atoms with E-state index in [4.69, 9.17) is 0 Å². The third-order valence-electron chi connectivity index (χ3n) is 4.21. The van der Waals surface area contributed by atoms with Crippen LogP contribution in [0.4, 0.5) is 0 Å². The number of hydrogen-bond donors (Lipinski definition) is 2. The van der Waals surface area contributed by atoms with E-state index in [1.165, 1.54) is 0 Å². The van der Waals surface area contributed by atoms with E-state index in [0.29, 0.717) is 19.5 Å². The fraction of sp³-hybridized carbons (Fsp3) is 0.588. The van der Waals surface area contributed by atoms with Crippen LogP contribution < -0.4 is 0 Å². The molecule has 1 amide bonds. The summed E-state index contributed by atoms with van der Waals surface area (Å²) < 4.78 is 0. The Labute approximate surface area is 132 Å². The second-order valence-electron chi connectivity index (χ2n) is 6.34. The molecule has 0 saturated heterocycles. The maximum atomic E-state index is 12.7. The first-order valence-corrected chi connectivity index (χ1v) is 7.87. The van der Waals surface area contributed by atoms with E-state index in [0.717, 1.165) is 24.9 Å². The number of hydrogen-bond acceptors (Lipinski definition) is 4. The molecule has 2 N–H and O–H groups in total. The molecule has 0 radical (unpaired) electrons. The number of carbonyl (C=O) groups is 1. The minimum atomic E-state index is -0.515. The van der Waals surface area contributed by atoms with Crippen LogP contribution in [0.1, 0.15) is 24.8 Å². The molecule has 1 fully saturated rings. The Morgan fingerprint density at radius 2 is 2.05 bits per heavy atom. The van der Waals surface area contributed by atoms with E-state index in [1.54, 1.807) is 23.1 Å². The molecule has 1 aliphatic rings. The lowest BCUT2D eigenvalue weighted by atomic mass is 10.0. The Morgan fingerprint density at radius 1 is 1.27 bits per heavy atom. The van der Waals surface area contributed by atoms with Gasteiger partial charge in [-0.2, -0.15) is 0 Å². The molecular formula is C17H26N2O3. The SMILES string of the molecule is CN(C)CCN(Cc1cccc(O)c1)C(=O)C1CCCC1O. The Hall–Kier alpha value is -1.59. The smallest absolute Gasteiger partial charge is 0.228 e. The van der Waals surface area contributed by atoms with Crippen molar-refractivity contribution in [1.82, 2.24) is 9.80 Å². The topological polar surface area (TPSA) is 64.0 Å². The monoisotopic (exact) mass is 306 g/mol. The number of likely N-dealkylation sites (N-methyl/N-ethyl adjacent to an activating group) is 1. The van der Waals surface area contributed by atoms with Crippen LogP contribution in [-0.2, 0) is 11.3 Å². The van der Waals surface area contributed by atoms with Gasteiger partial charge in [0.1, 0.15) is 5.75 Å². The molecule has 1 aromatic carbocycles. The largest absolute Gasteiger partial charge is 0.508 e. The molecule has 0 aromatic heterocycles. The third-order valence-corrected chi connectivity index (χ3v) is 4.21. The van der Waals surface area contributed by atoms with Gasteiger partial charge in [-0.25, -0.2) is 0 Å². The van der Waals surface area contributed by atoms with Crippen LogP contribution in [0, 0.1) is 5.92 Å². The van der Waals surface area contributed by atoms with Crippen LogP contribution in [0.3, 0.4) is 0 Å². The lowest BCUT2D eigenvalue weighted by Crippen LogP contribution is -2.41. The van der Waals surface area contributed by atoms with Crippen molar-refractivity contribution in [3.63, 3.8) is 0 Å². The molecule has 22 heavy (non-hydrogen) atoms. The standard InChI is InChI=1S/C17H26N2O3/c1-18(2)9-10-19(12-13-5-3-6-14(20)11-13)17(22)15-7-4-8-16(15)21/h3,5-6,11,15-16,20-21H,4,7-10,12H2,1-2H3. The average molecular weight is 306 g/mol. The number of nitrogens with zero attached hydrogens (tertiary/aromatic N) is 2. The number of phenols is 1. The summed E-state index contributed by atoms with van der Waals surface area (Å²) >= 11 is 0. The van der Waals surface area contributed by atoms with Gasteiger partial charge in [-0.3, -0.25) is 4.79 Å². The Bertz CT molecular complexity index is 504. The quantitative estimate of drug-likeness (QED) is 0.835. The van der Waals surface area contributed by atoms with Crippen LogP contribution in [0.2, 0.25) is 0 Å². The maximum Gasteiger partial charge on any atom is 0.228 e. The Morgan fingerprint density at radius 3 is 2.64 bits per heavy atom. The summed E-state index contributed by atoms with van der Waals surface area (Å²) in [6, 6.07) is 6.99. The fourth-order valence-electron chi connectivity index (χ4n) is 2.93. The Kier molecular flexibility index (Phi) is 5.80. The minimum Gasteiger partial charge on any atom is -0.508 e. The summed E-state index contributed by atoms with van der Waals surface area (Å²) in [5.74, 6) is -0.0481. The number of carbonyl (C=O) groups excluding carboxylic acids is 1. The second kappa shape index (κ2) is 7.61. The van der Waals surface area contributed by atoms with Gasteiger partial charge in [0, 0.05) is 19.6 Å². The van der Waals surface area contributed by atoms with E-state index in [9.17, 15) is 15.0 Å². The number of benzene rings is 1. The van der Waals surface area contributed by atoms with Gasteiger partial charge in [-0.1, -0.05) is 12.1 Å². The Balaban J connectivity index is 2.09. The predicted molar refractivity (Wildman–Crippen MR) is 85.4 cm³/mol.